The van der Waals surface area contributed by atoms with E-state index in [-0.39, 0.29) is 17.1 Å². The molecule has 112 valence electrons. The number of rotatable bonds is 3. The molecule has 0 bridgehead atoms. The van der Waals surface area contributed by atoms with Crippen molar-refractivity contribution in [1.29, 1.82) is 0 Å². The average Bonchev–Trinajstić information content (AvgIpc) is 2.87. The summed E-state index contributed by atoms with van der Waals surface area (Å²) in [6, 6.07) is 10.6. The van der Waals surface area contributed by atoms with E-state index in [4.69, 9.17) is 5.73 Å². The number of aliphatic carboxylic acids is 1. The SMILES string of the molecule is Nc1ccc(N2c3ccccc3CC2C(=O)O)c([N+](=O)[O-])c1. The molecule has 0 fully saturated rings. The molecule has 1 aliphatic rings. The van der Waals surface area contributed by atoms with Gasteiger partial charge in [0.15, 0.2) is 0 Å². The van der Waals surface area contributed by atoms with Gasteiger partial charge in [-0.15, -0.1) is 0 Å². The molecule has 1 heterocycles. The molecule has 0 amide bonds. The summed E-state index contributed by atoms with van der Waals surface area (Å²) in [5.74, 6) is -1.03. The third-order valence-corrected chi connectivity index (χ3v) is 3.72. The number of carboxylic acid groups (broad SMARTS) is 1. The summed E-state index contributed by atoms with van der Waals surface area (Å²) in [4.78, 5) is 23.8. The van der Waals surface area contributed by atoms with Crippen molar-refractivity contribution in [1.82, 2.24) is 0 Å². The number of hydrogen-bond acceptors (Lipinski definition) is 5. The Morgan fingerprint density at radius 2 is 2.00 bits per heavy atom. The van der Waals surface area contributed by atoms with Gasteiger partial charge in [-0.2, -0.15) is 0 Å². The molecule has 1 unspecified atom stereocenters. The van der Waals surface area contributed by atoms with E-state index in [2.05, 4.69) is 0 Å². The van der Waals surface area contributed by atoms with Gasteiger partial charge in [0, 0.05) is 23.9 Å². The van der Waals surface area contributed by atoms with E-state index >= 15 is 0 Å². The van der Waals surface area contributed by atoms with E-state index in [1.165, 1.54) is 23.1 Å². The highest BCUT2D eigenvalue weighted by Crippen LogP contribution is 2.42. The Bertz CT molecular complexity index is 775. The van der Waals surface area contributed by atoms with Crippen LogP contribution in [0.4, 0.5) is 22.7 Å². The summed E-state index contributed by atoms with van der Waals surface area (Å²) in [7, 11) is 0. The van der Waals surface area contributed by atoms with Crippen LogP contribution >= 0.6 is 0 Å². The van der Waals surface area contributed by atoms with Crippen LogP contribution < -0.4 is 10.6 Å². The number of nitro groups is 1. The van der Waals surface area contributed by atoms with Crippen LogP contribution in [0, 0.1) is 10.1 Å². The van der Waals surface area contributed by atoms with E-state index in [1.807, 2.05) is 12.1 Å². The maximum Gasteiger partial charge on any atom is 0.327 e. The lowest BCUT2D eigenvalue weighted by Gasteiger charge is -2.24. The molecule has 7 nitrogen and oxygen atoms in total. The summed E-state index contributed by atoms with van der Waals surface area (Å²) < 4.78 is 0. The molecular weight excluding hydrogens is 286 g/mol. The number of hydrogen-bond donors (Lipinski definition) is 2. The number of nitrogen functional groups attached to an aromatic ring is 1. The molecule has 3 rings (SSSR count). The minimum Gasteiger partial charge on any atom is -0.480 e. The first-order valence-corrected chi connectivity index (χ1v) is 6.63. The number of anilines is 3. The predicted molar refractivity (Wildman–Crippen MR) is 81.2 cm³/mol. The number of nitrogens with zero attached hydrogens (tertiary/aromatic N) is 2. The fourth-order valence-corrected chi connectivity index (χ4v) is 2.77. The van der Waals surface area contributed by atoms with Crippen molar-refractivity contribution < 1.29 is 14.8 Å². The van der Waals surface area contributed by atoms with Crippen LogP contribution in [0.2, 0.25) is 0 Å². The van der Waals surface area contributed by atoms with E-state index in [9.17, 15) is 20.0 Å². The van der Waals surface area contributed by atoms with Crippen LogP contribution in [0.3, 0.4) is 0 Å². The van der Waals surface area contributed by atoms with Crippen LogP contribution in [0.15, 0.2) is 42.5 Å². The minimum atomic E-state index is -1.03. The third kappa shape index (κ3) is 2.12. The smallest absolute Gasteiger partial charge is 0.327 e. The molecule has 0 aliphatic carbocycles. The molecule has 7 heteroatoms. The predicted octanol–water partition coefficient (Wildman–Crippen LogP) is 2.32. The van der Waals surface area contributed by atoms with Gasteiger partial charge < -0.3 is 15.7 Å². The van der Waals surface area contributed by atoms with E-state index in [1.54, 1.807) is 12.1 Å². The van der Waals surface area contributed by atoms with Crippen LogP contribution in [0.25, 0.3) is 0 Å². The minimum absolute atomic E-state index is 0.206. The van der Waals surface area contributed by atoms with Crippen molar-refractivity contribution >= 4 is 28.7 Å². The standard InChI is InChI=1S/C15H13N3O4/c16-10-5-6-12(13(8-10)18(21)22)17-11-4-2-1-3-9(11)7-14(17)15(19)20/h1-6,8,14H,7,16H2,(H,19,20). The summed E-state index contributed by atoms with van der Waals surface area (Å²) in [6.07, 6.45) is 0.299. The van der Waals surface area contributed by atoms with Gasteiger partial charge >= 0.3 is 5.97 Å². The highest BCUT2D eigenvalue weighted by atomic mass is 16.6. The molecule has 2 aromatic rings. The Kier molecular flexibility index (Phi) is 3.17. The molecule has 22 heavy (non-hydrogen) atoms. The third-order valence-electron chi connectivity index (χ3n) is 3.72. The average molecular weight is 299 g/mol. The maximum atomic E-state index is 11.6. The maximum absolute atomic E-state index is 11.6. The van der Waals surface area contributed by atoms with Crippen LogP contribution in [0.5, 0.6) is 0 Å². The van der Waals surface area contributed by atoms with Gasteiger partial charge in [0.25, 0.3) is 5.69 Å². The molecule has 0 aromatic heterocycles. The summed E-state index contributed by atoms with van der Waals surface area (Å²) in [5, 5.41) is 20.8. The molecule has 2 aromatic carbocycles. The van der Waals surface area contributed by atoms with Crippen molar-refractivity contribution in [3.8, 4) is 0 Å². The number of benzene rings is 2. The van der Waals surface area contributed by atoms with E-state index in [0.29, 0.717) is 12.1 Å². The van der Waals surface area contributed by atoms with E-state index in [0.717, 1.165) is 5.56 Å². The first-order valence-electron chi connectivity index (χ1n) is 6.63. The molecule has 0 saturated carbocycles. The lowest BCUT2D eigenvalue weighted by Crippen LogP contribution is -2.35. The Morgan fingerprint density at radius 1 is 1.27 bits per heavy atom. The Morgan fingerprint density at radius 3 is 2.68 bits per heavy atom. The van der Waals surface area contributed by atoms with Gasteiger partial charge in [0.1, 0.15) is 11.7 Å². The lowest BCUT2D eigenvalue weighted by molar-refractivity contribution is -0.384. The monoisotopic (exact) mass is 299 g/mol. The molecule has 1 aliphatic heterocycles. The molecule has 0 radical (unpaired) electrons. The summed E-state index contributed by atoms with van der Waals surface area (Å²) >= 11 is 0. The number of carbonyl (C=O) groups is 1. The topological polar surface area (TPSA) is 110 Å². The second-order valence-corrected chi connectivity index (χ2v) is 5.06. The van der Waals surface area contributed by atoms with Gasteiger partial charge in [-0.3, -0.25) is 10.1 Å². The second kappa shape index (κ2) is 5.03. The van der Waals surface area contributed by atoms with Crippen LogP contribution in [-0.2, 0) is 11.2 Å². The zero-order valence-corrected chi connectivity index (χ0v) is 11.5. The summed E-state index contributed by atoms with van der Waals surface area (Å²) in [6.45, 7) is 0. The largest absolute Gasteiger partial charge is 0.480 e. The van der Waals surface area contributed by atoms with Crippen molar-refractivity contribution in [3.63, 3.8) is 0 Å². The number of para-hydroxylation sites is 1. The number of nitrogens with two attached hydrogens (primary N) is 1. The first kappa shape index (κ1) is 13.9. The van der Waals surface area contributed by atoms with Crippen molar-refractivity contribution in [2.45, 2.75) is 12.5 Å². The van der Waals surface area contributed by atoms with Gasteiger partial charge in [0.2, 0.25) is 0 Å². The fourth-order valence-electron chi connectivity index (χ4n) is 2.77. The van der Waals surface area contributed by atoms with Crippen LogP contribution in [-0.4, -0.2) is 22.0 Å². The zero-order chi connectivity index (χ0) is 15.9. The number of nitro benzene ring substituents is 1. The highest BCUT2D eigenvalue weighted by Gasteiger charge is 2.38. The molecule has 0 saturated heterocycles. The molecule has 0 spiro atoms. The van der Waals surface area contributed by atoms with E-state index < -0.39 is 16.9 Å². The Balaban J connectivity index is 2.21. The normalized spacial score (nSPS) is 16.4. The molecule has 1 atom stereocenters. The van der Waals surface area contributed by atoms with Gasteiger partial charge in [-0.25, -0.2) is 4.79 Å². The van der Waals surface area contributed by atoms with Crippen molar-refractivity contribution in [2.75, 3.05) is 10.6 Å². The molecular formula is C15H13N3O4. The van der Waals surface area contributed by atoms with Crippen molar-refractivity contribution in [3.05, 3.63) is 58.1 Å². The van der Waals surface area contributed by atoms with Crippen molar-refractivity contribution in [2.24, 2.45) is 0 Å². The zero-order valence-electron chi connectivity index (χ0n) is 11.5. The van der Waals surface area contributed by atoms with Crippen LogP contribution in [0.1, 0.15) is 5.56 Å². The Labute approximate surface area is 125 Å². The Hall–Kier alpha value is -3.09. The summed E-state index contributed by atoms with van der Waals surface area (Å²) in [5.41, 5.74) is 7.42. The quantitative estimate of drug-likeness (QED) is 0.511. The first-order chi connectivity index (χ1) is 10.5. The van der Waals surface area contributed by atoms with Gasteiger partial charge in [-0.05, 0) is 23.8 Å². The van der Waals surface area contributed by atoms with Gasteiger partial charge in [0.05, 0.1) is 4.92 Å². The van der Waals surface area contributed by atoms with Gasteiger partial charge in [-0.1, -0.05) is 18.2 Å². The molecule has 3 N–H and O–H groups in total. The fraction of sp³-hybridized carbons (Fsp3) is 0.133. The second-order valence-electron chi connectivity index (χ2n) is 5.06. The number of fused-ring (bicyclic) bond motifs is 1. The highest BCUT2D eigenvalue weighted by molar-refractivity contribution is 5.89. The lowest BCUT2D eigenvalue weighted by atomic mass is 10.1. The number of carboxylic acids is 1.